The average molecular weight is 321 g/mol. The first-order valence-electron chi connectivity index (χ1n) is 7.44. The molecule has 0 spiro atoms. The van der Waals surface area contributed by atoms with Crippen LogP contribution in [0.15, 0.2) is 24.3 Å². The van der Waals surface area contributed by atoms with Crippen molar-refractivity contribution in [2.75, 3.05) is 6.61 Å². The largest absolute Gasteiger partial charge is 0.450 e. The molecule has 7 nitrogen and oxygen atoms in total. The molecule has 0 bridgehead atoms. The fourth-order valence-electron chi connectivity index (χ4n) is 1.92. The van der Waals surface area contributed by atoms with Gasteiger partial charge in [0.1, 0.15) is 6.04 Å². The molecule has 0 unspecified atom stereocenters. The fourth-order valence-corrected chi connectivity index (χ4v) is 1.92. The number of hydrogen-bond donors (Lipinski definition) is 3. The quantitative estimate of drug-likeness (QED) is 0.700. The fraction of sp³-hybridized carbons (Fsp3) is 0.438. The highest BCUT2D eigenvalue weighted by Crippen LogP contribution is 2.06. The summed E-state index contributed by atoms with van der Waals surface area (Å²) in [7, 11) is 0. The Bertz CT molecular complexity index is 555. The Morgan fingerprint density at radius 3 is 2.26 bits per heavy atom. The number of nitrogens with two attached hydrogens (primary N) is 1. The Kier molecular flexibility index (Phi) is 7.05. The van der Waals surface area contributed by atoms with Crippen LogP contribution in [0.4, 0.5) is 4.79 Å². The first kappa shape index (κ1) is 18.5. The molecule has 0 aliphatic carbocycles. The average Bonchev–Trinajstić information content (AvgIpc) is 2.50. The molecule has 0 aromatic heterocycles. The summed E-state index contributed by atoms with van der Waals surface area (Å²) >= 11 is 0. The van der Waals surface area contributed by atoms with Crippen LogP contribution in [0.1, 0.15) is 36.7 Å². The van der Waals surface area contributed by atoms with Gasteiger partial charge in [-0.15, -0.1) is 0 Å². The first-order chi connectivity index (χ1) is 10.8. The van der Waals surface area contributed by atoms with Crippen LogP contribution in [0.25, 0.3) is 0 Å². The summed E-state index contributed by atoms with van der Waals surface area (Å²) in [6.07, 6.45) is -0.618. The molecule has 0 fully saturated rings. The minimum atomic E-state index is -0.682. The van der Waals surface area contributed by atoms with Crippen molar-refractivity contribution in [1.29, 1.82) is 0 Å². The summed E-state index contributed by atoms with van der Waals surface area (Å²) in [5, 5.41) is 5.29. The number of amides is 3. The normalized spacial score (nSPS) is 11.7. The zero-order valence-electron chi connectivity index (χ0n) is 13.6. The van der Waals surface area contributed by atoms with Crippen molar-refractivity contribution >= 4 is 17.9 Å². The zero-order valence-corrected chi connectivity index (χ0v) is 13.6. The standard InChI is InChI=1S/C16H23N3O4/c1-4-23-16(22)19-13(10(2)3)15(21)18-9-11-5-7-12(8-6-11)14(17)20/h5-8,10,13H,4,9H2,1-3H3,(H2,17,20)(H,18,21)(H,19,22)/t13-/m1/s1. The van der Waals surface area contributed by atoms with Crippen LogP contribution in [-0.4, -0.2) is 30.6 Å². The van der Waals surface area contributed by atoms with E-state index in [4.69, 9.17) is 10.5 Å². The van der Waals surface area contributed by atoms with E-state index in [1.807, 2.05) is 13.8 Å². The lowest BCUT2D eigenvalue weighted by molar-refractivity contribution is -0.124. The van der Waals surface area contributed by atoms with Crippen LogP contribution in [-0.2, 0) is 16.1 Å². The van der Waals surface area contributed by atoms with Crippen molar-refractivity contribution in [3.63, 3.8) is 0 Å². The Hall–Kier alpha value is -2.57. The molecule has 0 radical (unpaired) electrons. The molecule has 3 amide bonds. The van der Waals surface area contributed by atoms with Gasteiger partial charge in [0.15, 0.2) is 0 Å². The van der Waals surface area contributed by atoms with E-state index in [0.29, 0.717) is 5.56 Å². The van der Waals surface area contributed by atoms with Gasteiger partial charge >= 0.3 is 6.09 Å². The van der Waals surface area contributed by atoms with Gasteiger partial charge in [0, 0.05) is 12.1 Å². The second kappa shape index (κ2) is 8.77. The Labute approximate surface area is 135 Å². The molecule has 0 heterocycles. The molecule has 1 aromatic carbocycles. The second-order valence-electron chi connectivity index (χ2n) is 5.37. The SMILES string of the molecule is CCOC(=O)N[C@@H](C(=O)NCc1ccc(C(N)=O)cc1)C(C)C. The highest BCUT2D eigenvalue weighted by atomic mass is 16.5. The molecular formula is C16H23N3O4. The van der Waals surface area contributed by atoms with Gasteiger partial charge in [0.05, 0.1) is 6.61 Å². The lowest BCUT2D eigenvalue weighted by Crippen LogP contribution is -2.49. The second-order valence-corrected chi connectivity index (χ2v) is 5.37. The van der Waals surface area contributed by atoms with Gasteiger partial charge < -0.3 is 21.1 Å². The molecule has 4 N–H and O–H groups in total. The van der Waals surface area contributed by atoms with Crippen molar-refractivity contribution in [3.05, 3.63) is 35.4 Å². The number of nitrogens with one attached hydrogen (secondary N) is 2. The third-order valence-electron chi connectivity index (χ3n) is 3.20. The van der Waals surface area contributed by atoms with E-state index in [0.717, 1.165) is 5.56 Å². The third kappa shape index (κ3) is 5.98. The minimum Gasteiger partial charge on any atom is -0.450 e. The number of carbonyl (C=O) groups is 3. The zero-order chi connectivity index (χ0) is 17.4. The topological polar surface area (TPSA) is 111 Å². The highest BCUT2D eigenvalue weighted by molar-refractivity contribution is 5.92. The summed E-state index contributed by atoms with van der Waals surface area (Å²) in [6, 6.07) is 5.94. The van der Waals surface area contributed by atoms with Crippen LogP contribution in [0.2, 0.25) is 0 Å². The number of rotatable bonds is 7. The smallest absolute Gasteiger partial charge is 0.407 e. The summed E-state index contributed by atoms with van der Waals surface area (Å²) in [4.78, 5) is 34.7. The Morgan fingerprint density at radius 2 is 1.78 bits per heavy atom. The molecular weight excluding hydrogens is 298 g/mol. The van der Waals surface area contributed by atoms with Crippen LogP contribution >= 0.6 is 0 Å². The van der Waals surface area contributed by atoms with Crippen molar-refractivity contribution in [2.24, 2.45) is 11.7 Å². The van der Waals surface area contributed by atoms with Crippen LogP contribution in [0.5, 0.6) is 0 Å². The van der Waals surface area contributed by atoms with Crippen LogP contribution < -0.4 is 16.4 Å². The van der Waals surface area contributed by atoms with E-state index in [2.05, 4.69) is 10.6 Å². The van der Waals surface area contributed by atoms with E-state index in [9.17, 15) is 14.4 Å². The van der Waals surface area contributed by atoms with E-state index in [-0.39, 0.29) is 25.0 Å². The maximum Gasteiger partial charge on any atom is 0.407 e. The van der Waals surface area contributed by atoms with Gasteiger partial charge in [-0.1, -0.05) is 26.0 Å². The molecule has 1 aromatic rings. The van der Waals surface area contributed by atoms with Crippen LogP contribution in [0, 0.1) is 5.92 Å². The molecule has 23 heavy (non-hydrogen) atoms. The van der Waals surface area contributed by atoms with Gasteiger partial charge in [-0.25, -0.2) is 4.79 Å². The van der Waals surface area contributed by atoms with E-state index in [1.165, 1.54) is 0 Å². The maximum absolute atomic E-state index is 12.2. The molecule has 1 atom stereocenters. The van der Waals surface area contributed by atoms with Gasteiger partial charge in [0.25, 0.3) is 0 Å². The third-order valence-corrected chi connectivity index (χ3v) is 3.20. The summed E-state index contributed by atoms with van der Waals surface area (Å²) < 4.78 is 4.80. The number of primary amides is 1. The van der Waals surface area contributed by atoms with E-state index >= 15 is 0 Å². The molecule has 0 aliphatic rings. The Morgan fingerprint density at radius 1 is 1.17 bits per heavy atom. The van der Waals surface area contributed by atoms with Crippen LogP contribution in [0.3, 0.4) is 0 Å². The predicted molar refractivity (Wildman–Crippen MR) is 85.6 cm³/mol. The minimum absolute atomic E-state index is 0.0864. The number of hydrogen-bond acceptors (Lipinski definition) is 4. The number of alkyl carbamates (subject to hydrolysis) is 1. The Balaban J connectivity index is 2.61. The van der Waals surface area contributed by atoms with E-state index < -0.39 is 18.0 Å². The molecule has 126 valence electrons. The predicted octanol–water partition coefficient (Wildman–Crippen LogP) is 1.17. The summed E-state index contributed by atoms with van der Waals surface area (Å²) in [5.74, 6) is -0.886. The van der Waals surface area contributed by atoms with Gasteiger partial charge in [-0.3, -0.25) is 9.59 Å². The number of benzene rings is 1. The summed E-state index contributed by atoms with van der Waals surface area (Å²) in [5.41, 5.74) is 6.40. The van der Waals surface area contributed by atoms with E-state index in [1.54, 1.807) is 31.2 Å². The van der Waals surface area contributed by atoms with Gasteiger partial charge in [-0.05, 0) is 30.5 Å². The maximum atomic E-state index is 12.2. The molecule has 7 heteroatoms. The number of carbonyl (C=O) groups excluding carboxylic acids is 3. The van der Waals surface area contributed by atoms with Crippen molar-refractivity contribution in [2.45, 2.75) is 33.4 Å². The number of ether oxygens (including phenoxy) is 1. The molecule has 0 saturated heterocycles. The first-order valence-corrected chi connectivity index (χ1v) is 7.44. The molecule has 1 rings (SSSR count). The lowest BCUT2D eigenvalue weighted by Gasteiger charge is -2.21. The highest BCUT2D eigenvalue weighted by Gasteiger charge is 2.24. The molecule has 0 saturated carbocycles. The van der Waals surface area contributed by atoms with Gasteiger partial charge in [-0.2, -0.15) is 0 Å². The summed E-state index contributed by atoms with van der Waals surface area (Å²) in [6.45, 7) is 5.88. The van der Waals surface area contributed by atoms with Crippen molar-refractivity contribution in [1.82, 2.24) is 10.6 Å². The molecule has 0 aliphatic heterocycles. The monoisotopic (exact) mass is 321 g/mol. The van der Waals surface area contributed by atoms with Gasteiger partial charge in [0.2, 0.25) is 11.8 Å². The van der Waals surface area contributed by atoms with Crippen molar-refractivity contribution in [3.8, 4) is 0 Å². The van der Waals surface area contributed by atoms with Crippen molar-refractivity contribution < 1.29 is 19.1 Å². The lowest BCUT2D eigenvalue weighted by atomic mass is 10.0.